The van der Waals surface area contributed by atoms with Crippen molar-refractivity contribution in [1.29, 1.82) is 0 Å². The average molecular weight is 313 g/mol. The summed E-state index contributed by atoms with van der Waals surface area (Å²) in [5.74, 6) is 0.683. The Labute approximate surface area is 112 Å². The van der Waals surface area contributed by atoms with Crippen molar-refractivity contribution in [2.75, 3.05) is 12.8 Å². The highest BCUT2D eigenvalue weighted by Crippen LogP contribution is 2.31. The number of nitrogens with zero attached hydrogens (tertiary/aromatic N) is 1. The summed E-state index contributed by atoms with van der Waals surface area (Å²) >= 11 is 3.04. The molecule has 0 fully saturated rings. The third kappa shape index (κ3) is 2.70. The molecule has 0 aliphatic rings. The van der Waals surface area contributed by atoms with Crippen LogP contribution < -0.4 is 15.2 Å². The van der Waals surface area contributed by atoms with Crippen LogP contribution in [0, 0.1) is 5.82 Å². The minimum atomic E-state index is -0.451. The maximum absolute atomic E-state index is 13.4. The van der Waals surface area contributed by atoms with Gasteiger partial charge in [-0.3, -0.25) is 0 Å². The maximum atomic E-state index is 13.4. The SMILES string of the molecule is COc1ccc(Oc2cc(F)c(Br)cc2N)nc1. The van der Waals surface area contributed by atoms with Crippen LogP contribution in [0.25, 0.3) is 0 Å². The van der Waals surface area contributed by atoms with Crippen molar-refractivity contribution in [2.45, 2.75) is 0 Å². The summed E-state index contributed by atoms with van der Waals surface area (Å²) < 4.78 is 24.0. The fourth-order valence-corrected chi connectivity index (χ4v) is 1.65. The predicted molar refractivity (Wildman–Crippen MR) is 69.4 cm³/mol. The maximum Gasteiger partial charge on any atom is 0.219 e. The summed E-state index contributed by atoms with van der Waals surface area (Å²) in [6.07, 6.45) is 1.50. The quantitative estimate of drug-likeness (QED) is 0.883. The largest absolute Gasteiger partial charge is 0.495 e. The summed E-state index contributed by atoms with van der Waals surface area (Å²) in [5, 5.41) is 0. The fraction of sp³-hybridized carbons (Fsp3) is 0.0833. The first-order chi connectivity index (χ1) is 8.60. The van der Waals surface area contributed by atoms with E-state index in [2.05, 4.69) is 20.9 Å². The van der Waals surface area contributed by atoms with Crippen molar-refractivity contribution in [3.63, 3.8) is 0 Å². The number of pyridine rings is 1. The van der Waals surface area contributed by atoms with E-state index in [1.54, 1.807) is 19.2 Å². The molecule has 1 heterocycles. The lowest BCUT2D eigenvalue weighted by atomic mass is 10.3. The first-order valence-corrected chi connectivity index (χ1v) is 5.82. The number of nitrogens with two attached hydrogens (primary N) is 1. The van der Waals surface area contributed by atoms with E-state index in [1.165, 1.54) is 18.3 Å². The molecule has 0 aliphatic heterocycles. The highest BCUT2D eigenvalue weighted by molar-refractivity contribution is 9.10. The zero-order chi connectivity index (χ0) is 13.1. The Bertz CT molecular complexity index is 561. The van der Waals surface area contributed by atoms with Crippen LogP contribution in [0.1, 0.15) is 0 Å². The van der Waals surface area contributed by atoms with Gasteiger partial charge in [0.25, 0.3) is 0 Å². The molecule has 0 atom stereocenters. The molecule has 2 N–H and O–H groups in total. The van der Waals surface area contributed by atoms with E-state index in [4.69, 9.17) is 15.2 Å². The van der Waals surface area contributed by atoms with Gasteiger partial charge in [0.15, 0.2) is 5.75 Å². The molecule has 0 amide bonds. The molecule has 0 spiro atoms. The fourth-order valence-electron chi connectivity index (χ4n) is 1.29. The van der Waals surface area contributed by atoms with Gasteiger partial charge in [0.1, 0.15) is 11.6 Å². The van der Waals surface area contributed by atoms with E-state index in [0.717, 1.165) is 0 Å². The Morgan fingerprint density at radius 2 is 2.11 bits per heavy atom. The molecule has 0 saturated carbocycles. The molecule has 0 unspecified atom stereocenters. The van der Waals surface area contributed by atoms with Crippen LogP contribution in [0.5, 0.6) is 17.4 Å². The molecule has 1 aromatic carbocycles. The Kier molecular flexibility index (Phi) is 3.66. The lowest BCUT2D eigenvalue weighted by Gasteiger charge is -2.08. The molecule has 2 aromatic rings. The van der Waals surface area contributed by atoms with Crippen molar-refractivity contribution >= 4 is 21.6 Å². The van der Waals surface area contributed by atoms with Gasteiger partial charge in [-0.2, -0.15) is 0 Å². The molecule has 0 bridgehead atoms. The van der Waals surface area contributed by atoms with Crippen LogP contribution in [0.3, 0.4) is 0 Å². The second-order valence-electron chi connectivity index (χ2n) is 3.44. The summed E-state index contributed by atoms with van der Waals surface area (Å²) in [5.41, 5.74) is 6.04. The predicted octanol–water partition coefficient (Wildman–Crippen LogP) is 3.37. The molecule has 6 heteroatoms. The molecule has 18 heavy (non-hydrogen) atoms. The van der Waals surface area contributed by atoms with Crippen LogP contribution in [0.2, 0.25) is 0 Å². The normalized spacial score (nSPS) is 10.2. The highest BCUT2D eigenvalue weighted by atomic mass is 79.9. The average Bonchev–Trinajstić information content (AvgIpc) is 2.37. The first-order valence-electron chi connectivity index (χ1n) is 5.02. The van der Waals surface area contributed by atoms with Gasteiger partial charge in [0.2, 0.25) is 5.88 Å². The number of hydrogen-bond acceptors (Lipinski definition) is 4. The van der Waals surface area contributed by atoms with Crippen molar-refractivity contribution in [2.24, 2.45) is 0 Å². The third-order valence-electron chi connectivity index (χ3n) is 2.21. The molecule has 0 saturated heterocycles. The van der Waals surface area contributed by atoms with E-state index in [1.807, 2.05) is 0 Å². The van der Waals surface area contributed by atoms with Crippen LogP contribution in [0.15, 0.2) is 34.9 Å². The standard InChI is InChI=1S/C12H10BrFN2O2/c1-17-7-2-3-12(16-6-7)18-11-5-9(14)8(13)4-10(11)15/h2-6H,15H2,1H3. The monoisotopic (exact) mass is 312 g/mol. The molecule has 94 valence electrons. The van der Waals surface area contributed by atoms with Crippen LogP contribution in [-0.4, -0.2) is 12.1 Å². The van der Waals surface area contributed by atoms with Crippen molar-refractivity contribution in [3.05, 3.63) is 40.8 Å². The number of methoxy groups -OCH3 is 1. The van der Waals surface area contributed by atoms with Crippen LogP contribution >= 0.6 is 15.9 Å². The first kappa shape index (κ1) is 12.6. The minimum Gasteiger partial charge on any atom is -0.495 e. The van der Waals surface area contributed by atoms with E-state index < -0.39 is 5.82 Å². The van der Waals surface area contributed by atoms with E-state index in [0.29, 0.717) is 17.3 Å². The van der Waals surface area contributed by atoms with Crippen molar-refractivity contribution < 1.29 is 13.9 Å². The number of ether oxygens (including phenoxy) is 2. The number of benzene rings is 1. The zero-order valence-electron chi connectivity index (χ0n) is 9.48. The summed E-state index contributed by atoms with van der Waals surface area (Å²) in [6, 6.07) is 5.94. The Hall–Kier alpha value is -1.82. The van der Waals surface area contributed by atoms with Gasteiger partial charge in [-0.25, -0.2) is 9.37 Å². The van der Waals surface area contributed by atoms with Gasteiger partial charge in [0, 0.05) is 12.1 Å². The lowest BCUT2D eigenvalue weighted by Crippen LogP contribution is -1.95. The Morgan fingerprint density at radius 3 is 2.72 bits per heavy atom. The Balaban J connectivity index is 2.25. The molecule has 4 nitrogen and oxygen atoms in total. The van der Waals surface area contributed by atoms with Gasteiger partial charge in [-0.15, -0.1) is 0 Å². The third-order valence-corrected chi connectivity index (χ3v) is 2.82. The summed E-state index contributed by atoms with van der Waals surface area (Å²) in [6.45, 7) is 0. The molecular weight excluding hydrogens is 303 g/mol. The number of anilines is 1. The van der Waals surface area contributed by atoms with E-state index in [9.17, 15) is 4.39 Å². The van der Waals surface area contributed by atoms with Gasteiger partial charge in [-0.1, -0.05) is 0 Å². The molecule has 0 aliphatic carbocycles. The number of hydrogen-bond donors (Lipinski definition) is 1. The van der Waals surface area contributed by atoms with Gasteiger partial charge < -0.3 is 15.2 Å². The topological polar surface area (TPSA) is 57.4 Å². The second kappa shape index (κ2) is 5.22. The van der Waals surface area contributed by atoms with Crippen LogP contribution in [0.4, 0.5) is 10.1 Å². The molecule has 2 rings (SSSR count). The zero-order valence-corrected chi connectivity index (χ0v) is 11.1. The smallest absolute Gasteiger partial charge is 0.219 e. The van der Waals surface area contributed by atoms with Crippen molar-refractivity contribution in [1.82, 2.24) is 4.98 Å². The second-order valence-corrected chi connectivity index (χ2v) is 4.30. The van der Waals surface area contributed by atoms with E-state index >= 15 is 0 Å². The number of nitrogen functional groups attached to an aromatic ring is 1. The van der Waals surface area contributed by atoms with E-state index in [-0.39, 0.29) is 10.2 Å². The minimum absolute atomic E-state index is 0.216. The van der Waals surface area contributed by atoms with Crippen LogP contribution in [-0.2, 0) is 0 Å². The number of halogens is 2. The molecule has 0 radical (unpaired) electrons. The van der Waals surface area contributed by atoms with Gasteiger partial charge >= 0.3 is 0 Å². The highest BCUT2D eigenvalue weighted by Gasteiger charge is 2.08. The Morgan fingerprint density at radius 1 is 1.33 bits per heavy atom. The van der Waals surface area contributed by atoms with Gasteiger partial charge in [-0.05, 0) is 28.1 Å². The molecule has 1 aromatic heterocycles. The number of rotatable bonds is 3. The lowest BCUT2D eigenvalue weighted by molar-refractivity contribution is 0.407. The summed E-state index contributed by atoms with van der Waals surface area (Å²) in [7, 11) is 1.54. The van der Waals surface area contributed by atoms with Crippen molar-refractivity contribution in [3.8, 4) is 17.4 Å². The molecular formula is C12H10BrFN2O2. The summed E-state index contributed by atoms with van der Waals surface area (Å²) in [4.78, 5) is 4.00. The van der Waals surface area contributed by atoms with Gasteiger partial charge in [0.05, 0.1) is 23.5 Å². The number of aromatic nitrogens is 1.